The molecular formula is C12H13N3O2. The van der Waals surface area contributed by atoms with Crippen LogP contribution in [0.5, 0.6) is 0 Å². The third kappa shape index (κ3) is 2.04. The second kappa shape index (κ2) is 4.37. The Kier molecular flexibility index (Phi) is 2.91. The van der Waals surface area contributed by atoms with E-state index in [1.54, 1.807) is 29.2 Å². The van der Waals surface area contributed by atoms with E-state index in [-0.39, 0.29) is 11.5 Å². The summed E-state index contributed by atoms with van der Waals surface area (Å²) in [4.78, 5) is 19.5. The minimum absolute atomic E-state index is 0.174. The van der Waals surface area contributed by atoms with Gasteiger partial charge in [-0.25, -0.2) is 14.8 Å². The van der Waals surface area contributed by atoms with Crippen molar-refractivity contribution in [2.24, 2.45) is 0 Å². The van der Waals surface area contributed by atoms with Gasteiger partial charge in [0.05, 0.1) is 0 Å². The molecule has 0 saturated heterocycles. The number of rotatable bonds is 3. The van der Waals surface area contributed by atoms with Crippen LogP contribution >= 0.6 is 0 Å². The lowest BCUT2D eigenvalue weighted by Crippen LogP contribution is -2.10. The molecule has 5 heteroatoms. The zero-order chi connectivity index (χ0) is 12.4. The van der Waals surface area contributed by atoms with Crippen LogP contribution < -0.4 is 0 Å². The summed E-state index contributed by atoms with van der Waals surface area (Å²) in [7, 11) is 0. The second-order valence-electron chi connectivity index (χ2n) is 3.99. The Morgan fingerprint density at radius 2 is 2.12 bits per heavy atom. The highest BCUT2D eigenvalue weighted by molar-refractivity contribution is 5.91. The second-order valence-corrected chi connectivity index (χ2v) is 3.99. The lowest BCUT2D eigenvalue weighted by molar-refractivity contribution is 0.0696. The first kappa shape index (κ1) is 11.3. The van der Waals surface area contributed by atoms with E-state index in [4.69, 9.17) is 5.11 Å². The highest BCUT2D eigenvalue weighted by Crippen LogP contribution is 2.18. The summed E-state index contributed by atoms with van der Waals surface area (Å²) in [5.74, 6) is 0.414. The molecule has 2 aromatic heterocycles. The molecule has 1 N–H and O–H groups in total. The van der Waals surface area contributed by atoms with Gasteiger partial charge >= 0.3 is 5.97 Å². The van der Waals surface area contributed by atoms with Gasteiger partial charge in [0, 0.05) is 24.5 Å². The van der Waals surface area contributed by atoms with Crippen LogP contribution in [0.25, 0.3) is 5.82 Å². The topological polar surface area (TPSA) is 68.0 Å². The number of carbonyl (C=O) groups is 1. The van der Waals surface area contributed by atoms with Crippen molar-refractivity contribution in [3.63, 3.8) is 0 Å². The summed E-state index contributed by atoms with van der Waals surface area (Å²) < 4.78 is 1.72. The van der Waals surface area contributed by atoms with Crippen molar-refractivity contribution in [1.82, 2.24) is 14.5 Å². The summed E-state index contributed by atoms with van der Waals surface area (Å²) in [5, 5.41) is 9.12. The van der Waals surface area contributed by atoms with Crippen LogP contribution in [-0.2, 0) is 0 Å². The fraction of sp³-hybridized carbons (Fsp3) is 0.250. The molecule has 0 unspecified atom stereocenters. The maximum absolute atomic E-state index is 11.1. The van der Waals surface area contributed by atoms with Crippen molar-refractivity contribution >= 4 is 5.97 Å². The summed E-state index contributed by atoms with van der Waals surface area (Å²) in [5.41, 5.74) is 0.174. The minimum atomic E-state index is -0.989. The Balaban J connectivity index is 2.60. The third-order valence-electron chi connectivity index (χ3n) is 2.43. The summed E-state index contributed by atoms with van der Waals surface area (Å²) in [6.45, 7) is 4.00. The largest absolute Gasteiger partial charge is 0.478 e. The van der Waals surface area contributed by atoms with Gasteiger partial charge in [-0.3, -0.25) is 4.57 Å². The highest BCUT2D eigenvalue weighted by atomic mass is 16.4. The van der Waals surface area contributed by atoms with Gasteiger partial charge in [0.1, 0.15) is 11.4 Å². The fourth-order valence-electron chi connectivity index (χ4n) is 1.68. The molecule has 0 fully saturated rings. The number of hydrogen-bond acceptors (Lipinski definition) is 3. The maximum atomic E-state index is 11.1. The van der Waals surface area contributed by atoms with Gasteiger partial charge in [-0.05, 0) is 12.1 Å². The molecule has 0 aliphatic carbocycles. The number of aromatic nitrogens is 3. The van der Waals surface area contributed by atoms with Gasteiger partial charge in [-0.15, -0.1) is 0 Å². The van der Waals surface area contributed by atoms with Crippen LogP contribution in [0.2, 0.25) is 0 Å². The van der Waals surface area contributed by atoms with Gasteiger partial charge in [-0.2, -0.15) is 0 Å². The van der Waals surface area contributed by atoms with Gasteiger partial charge in [0.15, 0.2) is 5.82 Å². The first-order valence-corrected chi connectivity index (χ1v) is 5.33. The molecule has 0 saturated carbocycles. The van der Waals surface area contributed by atoms with Crippen LogP contribution in [0, 0.1) is 0 Å². The molecule has 2 heterocycles. The molecule has 0 aromatic carbocycles. The Bertz CT molecular complexity index is 546. The third-order valence-corrected chi connectivity index (χ3v) is 2.43. The van der Waals surface area contributed by atoms with Crippen LogP contribution in [-0.4, -0.2) is 25.6 Å². The van der Waals surface area contributed by atoms with Crippen molar-refractivity contribution < 1.29 is 9.90 Å². The molecule has 0 atom stereocenters. The SMILES string of the molecule is CC(C)c1nccn1-c1ncccc1C(=O)O. The van der Waals surface area contributed by atoms with E-state index in [9.17, 15) is 4.79 Å². The number of hydrogen-bond donors (Lipinski definition) is 1. The maximum Gasteiger partial charge on any atom is 0.339 e. The molecule has 0 aliphatic heterocycles. The first-order valence-electron chi connectivity index (χ1n) is 5.33. The van der Waals surface area contributed by atoms with E-state index in [1.807, 2.05) is 13.8 Å². The van der Waals surface area contributed by atoms with Crippen molar-refractivity contribution in [2.45, 2.75) is 19.8 Å². The van der Waals surface area contributed by atoms with Gasteiger partial charge in [0.25, 0.3) is 0 Å². The van der Waals surface area contributed by atoms with Gasteiger partial charge < -0.3 is 5.11 Å². The molecule has 2 rings (SSSR count). The molecule has 17 heavy (non-hydrogen) atoms. The predicted molar refractivity (Wildman–Crippen MR) is 62.4 cm³/mol. The van der Waals surface area contributed by atoms with E-state index in [0.717, 1.165) is 5.82 Å². The van der Waals surface area contributed by atoms with Crippen molar-refractivity contribution in [1.29, 1.82) is 0 Å². The summed E-state index contributed by atoms with van der Waals surface area (Å²) >= 11 is 0. The quantitative estimate of drug-likeness (QED) is 0.878. The molecule has 0 bridgehead atoms. The molecule has 88 valence electrons. The molecule has 0 aliphatic rings. The van der Waals surface area contributed by atoms with Crippen LogP contribution in [0.3, 0.4) is 0 Å². The number of carboxylic acids is 1. The molecular weight excluding hydrogens is 218 g/mol. The standard InChI is InChI=1S/C12H13N3O2/c1-8(2)10-14-6-7-15(10)11-9(12(16)17)4-3-5-13-11/h3-8H,1-2H3,(H,16,17). The summed E-state index contributed by atoms with van der Waals surface area (Å²) in [6, 6.07) is 3.15. The monoisotopic (exact) mass is 231 g/mol. The fourth-order valence-corrected chi connectivity index (χ4v) is 1.68. The lowest BCUT2D eigenvalue weighted by atomic mass is 10.2. The van der Waals surface area contributed by atoms with Crippen molar-refractivity contribution in [2.75, 3.05) is 0 Å². The van der Waals surface area contributed by atoms with Crippen LogP contribution in [0.1, 0.15) is 35.9 Å². The van der Waals surface area contributed by atoms with Gasteiger partial charge in [0.2, 0.25) is 0 Å². The smallest absolute Gasteiger partial charge is 0.339 e. The van der Waals surface area contributed by atoms with E-state index in [2.05, 4.69) is 9.97 Å². The number of carboxylic acid groups (broad SMARTS) is 1. The minimum Gasteiger partial charge on any atom is -0.478 e. The van der Waals surface area contributed by atoms with E-state index in [0.29, 0.717) is 5.82 Å². The van der Waals surface area contributed by atoms with E-state index >= 15 is 0 Å². The number of nitrogens with zero attached hydrogens (tertiary/aromatic N) is 3. The summed E-state index contributed by atoms with van der Waals surface area (Å²) in [6.07, 6.45) is 4.95. The molecule has 0 amide bonds. The molecule has 0 spiro atoms. The zero-order valence-corrected chi connectivity index (χ0v) is 9.66. The van der Waals surface area contributed by atoms with Gasteiger partial charge in [-0.1, -0.05) is 13.8 Å². The Hall–Kier alpha value is -2.17. The first-order chi connectivity index (χ1) is 8.11. The van der Waals surface area contributed by atoms with E-state index < -0.39 is 5.97 Å². The lowest BCUT2D eigenvalue weighted by Gasteiger charge is -2.11. The molecule has 2 aromatic rings. The number of aromatic carboxylic acids is 1. The predicted octanol–water partition coefficient (Wildman–Crippen LogP) is 2.09. The van der Waals surface area contributed by atoms with E-state index in [1.165, 1.54) is 6.07 Å². The normalized spacial score (nSPS) is 10.8. The molecule has 0 radical (unpaired) electrons. The molecule has 5 nitrogen and oxygen atoms in total. The number of pyridine rings is 1. The average Bonchev–Trinajstić information content (AvgIpc) is 2.77. The Morgan fingerprint density at radius 1 is 1.35 bits per heavy atom. The Labute approximate surface area is 98.8 Å². The highest BCUT2D eigenvalue weighted by Gasteiger charge is 2.16. The zero-order valence-electron chi connectivity index (χ0n) is 9.66. The average molecular weight is 231 g/mol. The van der Waals surface area contributed by atoms with Crippen molar-refractivity contribution in [3.05, 3.63) is 42.1 Å². The van der Waals surface area contributed by atoms with Crippen LogP contribution in [0.4, 0.5) is 0 Å². The van der Waals surface area contributed by atoms with Crippen molar-refractivity contribution in [3.8, 4) is 5.82 Å². The number of imidazole rings is 1. The van der Waals surface area contributed by atoms with Crippen LogP contribution in [0.15, 0.2) is 30.7 Å². The Morgan fingerprint density at radius 3 is 2.76 bits per heavy atom.